The molecule has 0 saturated carbocycles. The second-order valence-electron chi connectivity index (χ2n) is 7.49. The molecular formula is C25H20N4O2S. The Bertz CT molecular complexity index is 1330. The number of nitrogens with one attached hydrogen (secondary N) is 2. The zero-order chi connectivity index (χ0) is 21.9. The molecular weight excluding hydrogens is 420 g/mol. The number of nitrogens with zero attached hydrogens (tertiary/aromatic N) is 2. The molecule has 5 rings (SSSR count). The highest BCUT2D eigenvalue weighted by atomic mass is 32.1. The van der Waals surface area contributed by atoms with Crippen LogP contribution in [0, 0.1) is 0 Å². The van der Waals surface area contributed by atoms with Gasteiger partial charge in [-0.2, -0.15) is 0 Å². The molecule has 3 heterocycles. The fraction of sp³-hybridized carbons (Fsp3) is 0.120. The highest BCUT2D eigenvalue weighted by Crippen LogP contribution is 2.37. The van der Waals surface area contributed by atoms with Crippen LogP contribution < -0.4 is 10.6 Å². The second kappa shape index (κ2) is 8.72. The average molecular weight is 441 g/mol. The molecule has 6 nitrogen and oxygen atoms in total. The van der Waals surface area contributed by atoms with Gasteiger partial charge in [-0.05, 0) is 59.7 Å². The minimum absolute atomic E-state index is 0.128. The van der Waals surface area contributed by atoms with E-state index >= 15 is 0 Å². The van der Waals surface area contributed by atoms with E-state index in [-0.39, 0.29) is 18.4 Å². The quantitative estimate of drug-likeness (QED) is 0.477. The van der Waals surface area contributed by atoms with Crippen LogP contribution in [-0.2, 0) is 11.2 Å². The fourth-order valence-corrected chi connectivity index (χ4v) is 4.66. The SMILES string of the molecule is O=C(CNC(=O)c1c2c(nc3ccccc13)/C(=C\c1cccs1)CC2)Nc1cccnc1. The van der Waals surface area contributed by atoms with Gasteiger partial charge in [0.25, 0.3) is 5.91 Å². The van der Waals surface area contributed by atoms with E-state index in [0.29, 0.717) is 11.3 Å². The van der Waals surface area contributed by atoms with Gasteiger partial charge in [-0.15, -0.1) is 11.3 Å². The highest BCUT2D eigenvalue weighted by Gasteiger charge is 2.27. The Kier molecular flexibility index (Phi) is 5.47. The fourth-order valence-electron chi connectivity index (χ4n) is 3.97. The maximum absolute atomic E-state index is 13.3. The number of fused-ring (bicyclic) bond motifs is 2. The number of para-hydroxylation sites is 1. The molecule has 2 N–H and O–H groups in total. The summed E-state index contributed by atoms with van der Waals surface area (Å²) in [5.74, 6) is -0.571. The summed E-state index contributed by atoms with van der Waals surface area (Å²) in [6, 6.07) is 15.2. The number of rotatable bonds is 5. The number of hydrogen-bond donors (Lipinski definition) is 2. The van der Waals surface area contributed by atoms with E-state index in [0.717, 1.165) is 40.6 Å². The Balaban J connectivity index is 1.44. The van der Waals surface area contributed by atoms with Crippen molar-refractivity contribution in [1.82, 2.24) is 15.3 Å². The maximum atomic E-state index is 13.3. The first-order valence-corrected chi connectivity index (χ1v) is 11.2. The molecule has 1 aliphatic rings. The molecule has 0 atom stereocenters. The minimum Gasteiger partial charge on any atom is -0.343 e. The van der Waals surface area contributed by atoms with Gasteiger partial charge >= 0.3 is 0 Å². The Hall–Kier alpha value is -3.84. The van der Waals surface area contributed by atoms with Crippen molar-refractivity contribution >= 4 is 51.4 Å². The molecule has 0 saturated heterocycles. The zero-order valence-electron chi connectivity index (χ0n) is 17.2. The molecule has 32 heavy (non-hydrogen) atoms. The van der Waals surface area contributed by atoms with Crippen LogP contribution in [-0.4, -0.2) is 28.3 Å². The van der Waals surface area contributed by atoms with E-state index in [9.17, 15) is 9.59 Å². The molecule has 3 aromatic heterocycles. The summed E-state index contributed by atoms with van der Waals surface area (Å²) >= 11 is 1.68. The Morgan fingerprint density at radius 2 is 1.97 bits per heavy atom. The first-order chi connectivity index (χ1) is 15.7. The van der Waals surface area contributed by atoms with Crippen LogP contribution >= 0.6 is 11.3 Å². The van der Waals surface area contributed by atoms with Gasteiger partial charge in [0.05, 0.1) is 35.2 Å². The van der Waals surface area contributed by atoms with Crippen molar-refractivity contribution in [3.8, 4) is 0 Å². The van der Waals surface area contributed by atoms with Crippen LogP contribution in [0.2, 0.25) is 0 Å². The third-order valence-electron chi connectivity index (χ3n) is 5.38. The second-order valence-corrected chi connectivity index (χ2v) is 8.47. The van der Waals surface area contributed by atoms with Crippen LogP contribution in [0.3, 0.4) is 0 Å². The molecule has 0 spiro atoms. The number of amides is 2. The van der Waals surface area contributed by atoms with Crippen LogP contribution in [0.4, 0.5) is 5.69 Å². The first-order valence-electron chi connectivity index (χ1n) is 10.3. The number of anilines is 1. The van der Waals surface area contributed by atoms with Gasteiger partial charge in [0.2, 0.25) is 5.91 Å². The molecule has 158 valence electrons. The number of thiophene rings is 1. The smallest absolute Gasteiger partial charge is 0.252 e. The van der Waals surface area contributed by atoms with E-state index in [1.807, 2.05) is 35.7 Å². The number of benzene rings is 1. The lowest BCUT2D eigenvalue weighted by molar-refractivity contribution is -0.115. The molecule has 2 amide bonds. The van der Waals surface area contributed by atoms with Crippen molar-refractivity contribution in [2.24, 2.45) is 0 Å². The number of pyridine rings is 2. The van der Waals surface area contributed by atoms with Crippen molar-refractivity contribution < 1.29 is 9.59 Å². The van der Waals surface area contributed by atoms with Crippen molar-refractivity contribution in [2.75, 3.05) is 11.9 Å². The molecule has 0 radical (unpaired) electrons. The van der Waals surface area contributed by atoms with Crippen molar-refractivity contribution in [2.45, 2.75) is 12.8 Å². The van der Waals surface area contributed by atoms with Gasteiger partial charge in [0.1, 0.15) is 0 Å². The zero-order valence-corrected chi connectivity index (χ0v) is 18.0. The molecule has 4 aromatic rings. The average Bonchev–Trinajstić information content (AvgIpc) is 3.47. The van der Waals surface area contributed by atoms with E-state index < -0.39 is 0 Å². The number of aromatic nitrogens is 2. The lowest BCUT2D eigenvalue weighted by Gasteiger charge is -2.13. The predicted molar refractivity (Wildman–Crippen MR) is 127 cm³/mol. The largest absolute Gasteiger partial charge is 0.343 e. The molecule has 7 heteroatoms. The summed E-state index contributed by atoms with van der Waals surface area (Å²) in [6.45, 7) is -0.128. The minimum atomic E-state index is -0.306. The molecule has 1 aromatic carbocycles. The summed E-state index contributed by atoms with van der Waals surface area (Å²) in [5.41, 5.74) is 4.92. The molecule has 0 fully saturated rings. The first kappa shape index (κ1) is 20.1. The topological polar surface area (TPSA) is 84.0 Å². The van der Waals surface area contributed by atoms with Gasteiger partial charge < -0.3 is 10.6 Å². The molecule has 0 unspecified atom stereocenters. The Morgan fingerprint density at radius 3 is 2.78 bits per heavy atom. The van der Waals surface area contributed by atoms with Crippen LogP contribution in [0.5, 0.6) is 0 Å². The standard InChI is InChI=1S/C25H20N4O2S/c30-22(28-17-5-3-11-26-14-17)15-27-25(31)23-19-7-1-2-8-21(19)29-24-16(9-10-20(23)24)13-18-6-4-12-32-18/h1-8,11-14H,9-10,15H2,(H,27,31)(H,28,30)/b16-13-. The summed E-state index contributed by atoms with van der Waals surface area (Å²) in [6.07, 6.45) is 6.92. The van der Waals surface area contributed by atoms with Gasteiger partial charge in [-0.1, -0.05) is 24.3 Å². The van der Waals surface area contributed by atoms with E-state index in [1.165, 1.54) is 4.88 Å². The third-order valence-corrected chi connectivity index (χ3v) is 6.20. The van der Waals surface area contributed by atoms with Gasteiger partial charge in [0, 0.05) is 16.5 Å². The van der Waals surface area contributed by atoms with Gasteiger partial charge in [-0.25, -0.2) is 4.98 Å². The van der Waals surface area contributed by atoms with Crippen molar-refractivity contribution in [3.63, 3.8) is 0 Å². The Morgan fingerprint density at radius 1 is 1.06 bits per heavy atom. The lowest BCUT2D eigenvalue weighted by atomic mass is 10.00. The van der Waals surface area contributed by atoms with E-state index in [2.05, 4.69) is 27.8 Å². The monoisotopic (exact) mass is 440 g/mol. The van der Waals surface area contributed by atoms with E-state index in [4.69, 9.17) is 4.98 Å². The van der Waals surface area contributed by atoms with Gasteiger partial charge in [-0.3, -0.25) is 14.6 Å². The predicted octanol–water partition coefficient (Wildman–Crippen LogP) is 4.55. The highest BCUT2D eigenvalue weighted by molar-refractivity contribution is 7.10. The lowest BCUT2D eigenvalue weighted by Crippen LogP contribution is -2.33. The number of hydrogen-bond acceptors (Lipinski definition) is 5. The van der Waals surface area contributed by atoms with Gasteiger partial charge in [0.15, 0.2) is 0 Å². The normalized spacial score (nSPS) is 13.8. The summed E-state index contributed by atoms with van der Waals surface area (Å²) in [5, 5.41) is 8.37. The van der Waals surface area contributed by atoms with Crippen LogP contribution in [0.15, 0.2) is 66.3 Å². The van der Waals surface area contributed by atoms with Crippen molar-refractivity contribution in [3.05, 3.63) is 88.0 Å². The van der Waals surface area contributed by atoms with Crippen LogP contribution in [0.25, 0.3) is 22.6 Å². The molecule has 0 bridgehead atoms. The number of carbonyl (C=O) groups excluding carboxylic acids is 2. The number of allylic oxidation sites excluding steroid dienone is 1. The van der Waals surface area contributed by atoms with E-state index in [1.54, 1.807) is 35.9 Å². The molecule has 1 aliphatic carbocycles. The molecule has 0 aliphatic heterocycles. The maximum Gasteiger partial charge on any atom is 0.252 e. The van der Waals surface area contributed by atoms with Crippen LogP contribution in [0.1, 0.15) is 32.9 Å². The number of carbonyl (C=O) groups is 2. The van der Waals surface area contributed by atoms with Crippen molar-refractivity contribution in [1.29, 1.82) is 0 Å². The third kappa shape index (κ3) is 4.02. The summed E-state index contributed by atoms with van der Waals surface area (Å²) in [7, 11) is 0. The summed E-state index contributed by atoms with van der Waals surface area (Å²) < 4.78 is 0. The summed E-state index contributed by atoms with van der Waals surface area (Å²) in [4.78, 5) is 35.6. The Labute approximate surface area is 189 Å².